The Kier molecular flexibility index (Phi) is 5.33. The second-order valence-electron chi connectivity index (χ2n) is 3.73. The van der Waals surface area contributed by atoms with Crippen molar-refractivity contribution in [1.82, 2.24) is 10.0 Å². The van der Waals surface area contributed by atoms with Crippen LogP contribution in [0.15, 0.2) is 23.1 Å². The average Bonchev–Trinajstić information content (AvgIpc) is 2.34. The van der Waals surface area contributed by atoms with Crippen molar-refractivity contribution in [2.24, 2.45) is 0 Å². The lowest BCUT2D eigenvalue weighted by atomic mass is 10.3. The summed E-state index contributed by atoms with van der Waals surface area (Å²) < 4.78 is 39.2. The summed E-state index contributed by atoms with van der Waals surface area (Å²) in [5, 5.41) is 13.4. The number of non-ortho nitro benzene ring substituents is 1. The molecule has 0 aliphatic carbocycles. The highest BCUT2D eigenvalue weighted by molar-refractivity contribution is 7.89. The van der Waals surface area contributed by atoms with E-state index < -0.39 is 31.3 Å². The van der Waals surface area contributed by atoms with E-state index in [0.717, 1.165) is 12.1 Å². The number of nitro benzene ring substituents is 1. The maximum absolute atomic E-state index is 13.4. The summed E-state index contributed by atoms with van der Waals surface area (Å²) in [4.78, 5) is 9.06. The van der Waals surface area contributed by atoms with Crippen molar-refractivity contribution in [2.45, 2.75) is 11.3 Å². The molecule has 1 rings (SSSR count). The molecule has 9 heteroatoms. The molecule has 0 aliphatic heterocycles. The molecule has 0 unspecified atom stereocenters. The van der Waals surface area contributed by atoms with Crippen molar-refractivity contribution in [3.63, 3.8) is 0 Å². The molecule has 0 saturated heterocycles. The van der Waals surface area contributed by atoms with Gasteiger partial charge in [-0.05, 0) is 26.1 Å². The van der Waals surface area contributed by atoms with Crippen LogP contribution >= 0.6 is 0 Å². The smallest absolute Gasteiger partial charge is 0.270 e. The van der Waals surface area contributed by atoms with Crippen molar-refractivity contribution in [1.29, 1.82) is 0 Å². The fraction of sp³-hybridized carbons (Fsp3) is 0.400. The molecule has 7 nitrogen and oxygen atoms in total. The van der Waals surface area contributed by atoms with Crippen LogP contribution in [0.25, 0.3) is 0 Å². The van der Waals surface area contributed by atoms with E-state index in [4.69, 9.17) is 0 Å². The maximum Gasteiger partial charge on any atom is 0.270 e. The van der Waals surface area contributed by atoms with E-state index in [0.29, 0.717) is 19.0 Å². The van der Waals surface area contributed by atoms with Crippen LogP contribution in [0.5, 0.6) is 0 Å². The Bertz CT molecular complexity index is 562. The van der Waals surface area contributed by atoms with Gasteiger partial charge in [0.15, 0.2) is 0 Å². The molecule has 0 fully saturated rings. The first kappa shape index (κ1) is 15.5. The summed E-state index contributed by atoms with van der Waals surface area (Å²) in [7, 11) is -2.37. The Labute approximate surface area is 110 Å². The molecule has 19 heavy (non-hydrogen) atoms. The fourth-order valence-corrected chi connectivity index (χ4v) is 2.53. The van der Waals surface area contributed by atoms with Crippen LogP contribution in [-0.4, -0.2) is 33.5 Å². The zero-order chi connectivity index (χ0) is 14.5. The van der Waals surface area contributed by atoms with E-state index in [9.17, 15) is 22.9 Å². The summed E-state index contributed by atoms with van der Waals surface area (Å²) in [6.07, 6.45) is 0.520. The average molecular weight is 291 g/mol. The van der Waals surface area contributed by atoms with Crippen molar-refractivity contribution >= 4 is 15.7 Å². The standard InChI is InChI=1S/C10H14FN3O4S/c1-12-5-2-6-13-19(17,18)10-7-8(14(15)16)3-4-9(10)11/h3-4,7,12-13H,2,5-6H2,1H3. The van der Waals surface area contributed by atoms with Gasteiger partial charge in [0.1, 0.15) is 10.7 Å². The lowest BCUT2D eigenvalue weighted by molar-refractivity contribution is -0.385. The third kappa shape index (κ3) is 4.23. The number of hydrogen-bond acceptors (Lipinski definition) is 5. The third-order valence-corrected chi connectivity index (χ3v) is 3.79. The van der Waals surface area contributed by atoms with Gasteiger partial charge in [0, 0.05) is 18.7 Å². The Morgan fingerprint density at radius 3 is 2.63 bits per heavy atom. The van der Waals surface area contributed by atoms with Gasteiger partial charge in [-0.15, -0.1) is 0 Å². The predicted octanol–water partition coefficient (Wildman–Crippen LogP) is 0.622. The number of nitrogens with zero attached hydrogens (tertiary/aromatic N) is 1. The number of nitrogens with one attached hydrogen (secondary N) is 2. The second kappa shape index (κ2) is 6.55. The zero-order valence-corrected chi connectivity index (χ0v) is 11.0. The first-order valence-corrected chi connectivity index (χ1v) is 6.95. The van der Waals surface area contributed by atoms with Crippen LogP contribution in [0.3, 0.4) is 0 Å². The van der Waals surface area contributed by atoms with Gasteiger partial charge in [0.25, 0.3) is 5.69 Å². The highest BCUT2D eigenvalue weighted by Crippen LogP contribution is 2.20. The molecule has 0 bridgehead atoms. The first-order chi connectivity index (χ1) is 8.88. The minimum absolute atomic E-state index is 0.116. The number of sulfonamides is 1. The van der Waals surface area contributed by atoms with E-state index in [-0.39, 0.29) is 6.54 Å². The molecule has 0 spiro atoms. The van der Waals surface area contributed by atoms with Crippen LogP contribution in [0, 0.1) is 15.9 Å². The van der Waals surface area contributed by atoms with E-state index >= 15 is 0 Å². The molecule has 2 N–H and O–H groups in total. The third-order valence-electron chi connectivity index (χ3n) is 2.31. The SMILES string of the molecule is CNCCCNS(=O)(=O)c1cc([N+](=O)[O-])ccc1F. The molecule has 0 heterocycles. The summed E-state index contributed by atoms with van der Waals surface area (Å²) in [5.41, 5.74) is -0.475. The van der Waals surface area contributed by atoms with Crippen LogP contribution in [0.2, 0.25) is 0 Å². The van der Waals surface area contributed by atoms with Crippen LogP contribution in [-0.2, 0) is 10.0 Å². The minimum Gasteiger partial charge on any atom is -0.320 e. The number of nitro groups is 1. The zero-order valence-electron chi connectivity index (χ0n) is 10.2. The van der Waals surface area contributed by atoms with Crippen molar-refractivity contribution < 1.29 is 17.7 Å². The van der Waals surface area contributed by atoms with E-state index in [1.807, 2.05) is 0 Å². The lowest BCUT2D eigenvalue weighted by Crippen LogP contribution is -2.27. The summed E-state index contributed by atoms with van der Waals surface area (Å²) in [6, 6.07) is 2.38. The fourth-order valence-electron chi connectivity index (χ4n) is 1.36. The van der Waals surface area contributed by atoms with Gasteiger partial charge in [0.05, 0.1) is 4.92 Å². The highest BCUT2D eigenvalue weighted by Gasteiger charge is 2.22. The van der Waals surface area contributed by atoms with Crippen LogP contribution in [0.4, 0.5) is 10.1 Å². The molecule has 0 amide bonds. The van der Waals surface area contributed by atoms with Crippen LogP contribution < -0.4 is 10.0 Å². The Morgan fingerprint density at radius 1 is 1.37 bits per heavy atom. The summed E-state index contributed by atoms with van der Waals surface area (Å²) >= 11 is 0. The van der Waals surface area contributed by atoms with Gasteiger partial charge in [-0.2, -0.15) is 0 Å². The van der Waals surface area contributed by atoms with Gasteiger partial charge in [-0.25, -0.2) is 17.5 Å². The van der Waals surface area contributed by atoms with E-state index in [2.05, 4.69) is 10.0 Å². The molecule has 1 aromatic rings. The molecular weight excluding hydrogens is 277 g/mol. The molecule has 0 aliphatic rings. The second-order valence-corrected chi connectivity index (χ2v) is 5.46. The van der Waals surface area contributed by atoms with Crippen molar-refractivity contribution in [2.75, 3.05) is 20.1 Å². The molecular formula is C10H14FN3O4S. The first-order valence-electron chi connectivity index (χ1n) is 5.46. The van der Waals surface area contributed by atoms with Crippen LogP contribution in [0.1, 0.15) is 6.42 Å². The number of rotatable bonds is 7. The predicted molar refractivity (Wildman–Crippen MR) is 66.8 cm³/mol. The lowest BCUT2D eigenvalue weighted by Gasteiger charge is -2.07. The van der Waals surface area contributed by atoms with E-state index in [1.165, 1.54) is 0 Å². The van der Waals surface area contributed by atoms with Gasteiger partial charge >= 0.3 is 0 Å². The van der Waals surface area contributed by atoms with Gasteiger partial charge in [-0.1, -0.05) is 0 Å². The molecule has 0 saturated carbocycles. The van der Waals surface area contributed by atoms with Crippen molar-refractivity contribution in [3.8, 4) is 0 Å². The molecule has 106 valence electrons. The largest absolute Gasteiger partial charge is 0.320 e. The van der Waals surface area contributed by atoms with Gasteiger partial charge < -0.3 is 5.32 Å². The quantitative estimate of drug-likeness (QED) is 0.435. The topological polar surface area (TPSA) is 101 Å². The Balaban J connectivity index is 2.94. The minimum atomic E-state index is -4.08. The van der Waals surface area contributed by atoms with E-state index in [1.54, 1.807) is 7.05 Å². The van der Waals surface area contributed by atoms with Gasteiger partial charge in [-0.3, -0.25) is 10.1 Å². The molecule has 0 atom stereocenters. The molecule has 0 radical (unpaired) electrons. The normalized spacial score (nSPS) is 11.5. The summed E-state index contributed by atoms with van der Waals surface area (Å²) in [6.45, 7) is 0.714. The summed E-state index contributed by atoms with van der Waals surface area (Å²) in [5.74, 6) is -1.02. The number of hydrogen-bond donors (Lipinski definition) is 2. The monoisotopic (exact) mass is 291 g/mol. The molecule has 1 aromatic carbocycles. The highest BCUT2D eigenvalue weighted by atomic mass is 32.2. The Hall–Kier alpha value is -1.58. The molecule has 0 aromatic heterocycles. The number of benzene rings is 1. The maximum atomic E-state index is 13.4. The van der Waals surface area contributed by atoms with Crippen molar-refractivity contribution in [3.05, 3.63) is 34.1 Å². The van der Waals surface area contributed by atoms with Gasteiger partial charge in [0.2, 0.25) is 10.0 Å². The number of halogens is 1. The Morgan fingerprint density at radius 2 is 2.05 bits per heavy atom.